The molecule has 7 heteroatoms. The minimum absolute atomic E-state index is 0.200. The van der Waals surface area contributed by atoms with Crippen molar-refractivity contribution >= 4 is 5.97 Å². The Labute approximate surface area is 111 Å². The second kappa shape index (κ2) is 6.09. The minimum Gasteiger partial charge on any atom is -0.480 e. The molecule has 0 amide bonds. The van der Waals surface area contributed by atoms with Gasteiger partial charge in [-0.2, -0.15) is 13.2 Å². The van der Waals surface area contributed by atoms with Gasteiger partial charge in [0.1, 0.15) is 5.54 Å². The highest BCUT2D eigenvalue weighted by Gasteiger charge is 2.43. The number of likely N-dealkylation sites (tertiary alicyclic amines) is 1. The van der Waals surface area contributed by atoms with Crippen LogP contribution in [0.15, 0.2) is 0 Å². The van der Waals surface area contributed by atoms with Crippen LogP contribution < -0.4 is 5.32 Å². The first-order valence-corrected chi connectivity index (χ1v) is 6.42. The lowest BCUT2D eigenvalue weighted by atomic mass is 9.87. The second-order valence-electron chi connectivity index (χ2n) is 5.55. The first kappa shape index (κ1) is 16.2. The Kier molecular flexibility index (Phi) is 5.20. The highest BCUT2D eigenvalue weighted by molar-refractivity contribution is 5.79. The van der Waals surface area contributed by atoms with Crippen LogP contribution in [0.2, 0.25) is 0 Å². The monoisotopic (exact) mass is 282 g/mol. The molecule has 1 aliphatic rings. The summed E-state index contributed by atoms with van der Waals surface area (Å²) < 4.78 is 36.7. The SMILES string of the molecule is CC(C)CN1CCC(NCC(F)(F)F)(C(=O)O)CC1. The van der Waals surface area contributed by atoms with E-state index in [1.807, 2.05) is 0 Å². The van der Waals surface area contributed by atoms with Gasteiger partial charge in [0, 0.05) is 19.6 Å². The number of hydrogen-bond acceptors (Lipinski definition) is 3. The summed E-state index contributed by atoms with van der Waals surface area (Å²) in [5.74, 6) is -0.735. The van der Waals surface area contributed by atoms with E-state index in [0.717, 1.165) is 6.54 Å². The molecule has 1 rings (SSSR count). The molecule has 0 bridgehead atoms. The predicted molar refractivity (Wildman–Crippen MR) is 64.9 cm³/mol. The van der Waals surface area contributed by atoms with Gasteiger partial charge < -0.3 is 10.0 Å². The number of aliphatic carboxylic acids is 1. The molecule has 1 fully saturated rings. The molecule has 19 heavy (non-hydrogen) atoms. The Hall–Kier alpha value is -0.820. The van der Waals surface area contributed by atoms with Crippen molar-refractivity contribution in [2.75, 3.05) is 26.2 Å². The van der Waals surface area contributed by atoms with Crippen LogP contribution in [0.3, 0.4) is 0 Å². The first-order chi connectivity index (χ1) is 8.65. The van der Waals surface area contributed by atoms with Crippen molar-refractivity contribution in [1.82, 2.24) is 10.2 Å². The average Bonchev–Trinajstić information content (AvgIpc) is 2.26. The first-order valence-electron chi connectivity index (χ1n) is 6.42. The Morgan fingerprint density at radius 3 is 2.26 bits per heavy atom. The number of rotatable bonds is 5. The van der Waals surface area contributed by atoms with Gasteiger partial charge in [0.05, 0.1) is 6.54 Å². The molecule has 0 saturated carbocycles. The predicted octanol–water partition coefficient (Wildman–Crippen LogP) is 1.71. The van der Waals surface area contributed by atoms with E-state index in [-0.39, 0.29) is 12.8 Å². The molecule has 0 aromatic rings. The number of nitrogens with zero attached hydrogens (tertiary/aromatic N) is 1. The summed E-state index contributed by atoms with van der Waals surface area (Å²) in [7, 11) is 0. The number of halogens is 3. The second-order valence-corrected chi connectivity index (χ2v) is 5.55. The Bertz CT molecular complexity index is 311. The van der Waals surface area contributed by atoms with E-state index in [0.29, 0.717) is 19.0 Å². The van der Waals surface area contributed by atoms with Gasteiger partial charge in [0.25, 0.3) is 0 Å². The third kappa shape index (κ3) is 4.99. The highest BCUT2D eigenvalue weighted by Crippen LogP contribution is 2.25. The molecular weight excluding hydrogens is 261 g/mol. The molecule has 1 heterocycles. The zero-order valence-corrected chi connectivity index (χ0v) is 11.3. The topological polar surface area (TPSA) is 52.6 Å². The van der Waals surface area contributed by atoms with Gasteiger partial charge in [0.2, 0.25) is 0 Å². The van der Waals surface area contributed by atoms with Crippen molar-refractivity contribution in [3.05, 3.63) is 0 Å². The minimum atomic E-state index is -4.39. The maximum absolute atomic E-state index is 12.2. The van der Waals surface area contributed by atoms with E-state index >= 15 is 0 Å². The maximum atomic E-state index is 12.2. The molecule has 0 unspecified atom stereocenters. The Morgan fingerprint density at radius 2 is 1.89 bits per heavy atom. The Morgan fingerprint density at radius 1 is 1.37 bits per heavy atom. The van der Waals surface area contributed by atoms with E-state index in [4.69, 9.17) is 0 Å². The molecule has 1 aliphatic heterocycles. The van der Waals surface area contributed by atoms with Gasteiger partial charge in [0.15, 0.2) is 0 Å². The molecular formula is C12H21F3N2O2. The number of nitrogens with one attached hydrogen (secondary N) is 1. The molecule has 0 spiro atoms. The summed E-state index contributed by atoms with van der Waals surface area (Å²) >= 11 is 0. The molecule has 0 aliphatic carbocycles. The zero-order chi connectivity index (χ0) is 14.7. The molecule has 0 radical (unpaired) electrons. The number of carboxylic acids is 1. The molecule has 112 valence electrons. The number of piperidine rings is 1. The van der Waals surface area contributed by atoms with Crippen molar-refractivity contribution in [3.8, 4) is 0 Å². The number of carbonyl (C=O) groups is 1. The van der Waals surface area contributed by atoms with E-state index < -0.39 is 24.2 Å². The summed E-state index contributed by atoms with van der Waals surface area (Å²) in [6.45, 7) is 4.71. The van der Waals surface area contributed by atoms with E-state index in [9.17, 15) is 23.1 Å². The summed E-state index contributed by atoms with van der Waals surface area (Å²) in [6, 6.07) is 0. The number of alkyl halides is 3. The summed E-state index contributed by atoms with van der Waals surface area (Å²) in [5, 5.41) is 11.4. The van der Waals surface area contributed by atoms with Crippen LogP contribution in [0.4, 0.5) is 13.2 Å². The quantitative estimate of drug-likeness (QED) is 0.806. The van der Waals surface area contributed by atoms with Crippen molar-refractivity contribution in [1.29, 1.82) is 0 Å². The van der Waals surface area contributed by atoms with Gasteiger partial charge in [-0.15, -0.1) is 0 Å². The van der Waals surface area contributed by atoms with Crippen molar-refractivity contribution in [2.45, 2.75) is 38.4 Å². The standard InChI is InChI=1S/C12H21F3N2O2/c1-9(2)7-17-5-3-11(4-6-17,10(18)19)16-8-12(13,14)15/h9,16H,3-8H2,1-2H3,(H,18,19). The molecule has 0 atom stereocenters. The average molecular weight is 282 g/mol. The normalized spacial score (nSPS) is 20.7. The fourth-order valence-electron chi connectivity index (χ4n) is 2.37. The van der Waals surface area contributed by atoms with Gasteiger partial charge in [-0.3, -0.25) is 10.1 Å². The van der Waals surface area contributed by atoms with Gasteiger partial charge in [-0.1, -0.05) is 13.8 Å². The van der Waals surface area contributed by atoms with Crippen LogP contribution in [-0.2, 0) is 4.79 Å². The van der Waals surface area contributed by atoms with Crippen LogP contribution in [0.25, 0.3) is 0 Å². The highest BCUT2D eigenvalue weighted by atomic mass is 19.4. The Balaban J connectivity index is 2.59. The molecule has 1 saturated heterocycles. The molecule has 4 nitrogen and oxygen atoms in total. The smallest absolute Gasteiger partial charge is 0.401 e. The number of hydrogen-bond donors (Lipinski definition) is 2. The third-order valence-electron chi connectivity index (χ3n) is 3.37. The van der Waals surface area contributed by atoms with Gasteiger partial charge in [-0.05, 0) is 18.8 Å². The molecule has 0 aromatic heterocycles. The fourth-order valence-corrected chi connectivity index (χ4v) is 2.37. The molecule has 0 aromatic carbocycles. The lowest BCUT2D eigenvalue weighted by Gasteiger charge is -2.40. The van der Waals surface area contributed by atoms with Crippen molar-refractivity contribution < 1.29 is 23.1 Å². The summed E-state index contributed by atoms with van der Waals surface area (Å²) in [5.41, 5.74) is -1.44. The van der Waals surface area contributed by atoms with Crippen molar-refractivity contribution in [3.63, 3.8) is 0 Å². The van der Waals surface area contributed by atoms with Crippen LogP contribution in [-0.4, -0.2) is 53.9 Å². The van der Waals surface area contributed by atoms with Crippen LogP contribution in [0, 0.1) is 5.92 Å². The molecule has 2 N–H and O–H groups in total. The number of carboxylic acid groups (broad SMARTS) is 1. The fraction of sp³-hybridized carbons (Fsp3) is 0.917. The van der Waals surface area contributed by atoms with E-state index in [1.54, 1.807) is 0 Å². The van der Waals surface area contributed by atoms with E-state index in [1.165, 1.54) is 0 Å². The third-order valence-corrected chi connectivity index (χ3v) is 3.37. The lowest BCUT2D eigenvalue weighted by Crippen LogP contribution is -2.60. The largest absolute Gasteiger partial charge is 0.480 e. The maximum Gasteiger partial charge on any atom is 0.401 e. The van der Waals surface area contributed by atoms with Crippen LogP contribution in [0.5, 0.6) is 0 Å². The van der Waals surface area contributed by atoms with Crippen molar-refractivity contribution in [2.24, 2.45) is 5.92 Å². The zero-order valence-electron chi connectivity index (χ0n) is 11.3. The van der Waals surface area contributed by atoms with E-state index in [2.05, 4.69) is 24.1 Å². The lowest BCUT2D eigenvalue weighted by molar-refractivity contribution is -0.153. The van der Waals surface area contributed by atoms with Crippen LogP contribution >= 0.6 is 0 Å². The van der Waals surface area contributed by atoms with Crippen LogP contribution in [0.1, 0.15) is 26.7 Å². The van der Waals surface area contributed by atoms with Gasteiger partial charge >= 0.3 is 12.1 Å². The summed E-state index contributed by atoms with van der Waals surface area (Å²) in [4.78, 5) is 13.4. The summed E-state index contributed by atoms with van der Waals surface area (Å²) in [6.07, 6.45) is -3.99. The van der Waals surface area contributed by atoms with Gasteiger partial charge in [-0.25, -0.2) is 0 Å².